The van der Waals surface area contributed by atoms with E-state index in [2.05, 4.69) is 21.7 Å². The molecule has 0 spiro atoms. The number of para-hydroxylation sites is 1. The fourth-order valence-electron chi connectivity index (χ4n) is 3.25. The quantitative estimate of drug-likeness (QED) is 0.205. The topological polar surface area (TPSA) is 64.1 Å². The molecule has 0 radical (unpaired) electrons. The van der Waals surface area contributed by atoms with Crippen LogP contribution in [0.2, 0.25) is 0 Å². The molecule has 2 rings (SSSR count). The number of unbranched alkanes of at least 4 members (excludes halogenated alkanes) is 1. The van der Waals surface area contributed by atoms with E-state index in [1.54, 1.807) is 14.2 Å². The molecule has 2 N–H and O–H groups in total. The van der Waals surface area contributed by atoms with Gasteiger partial charge in [0.1, 0.15) is 0 Å². The van der Waals surface area contributed by atoms with E-state index in [1.165, 1.54) is 12.8 Å². The van der Waals surface area contributed by atoms with Crippen LogP contribution in [0.5, 0.6) is 11.5 Å². The largest absolute Gasteiger partial charge is 0.493 e. The molecule has 0 amide bonds. The number of ether oxygens (including phenoxy) is 3. The van der Waals surface area contributed by atoms with E-state index >= 15 is 0 Å². The Kier molecular flexibility index (Phi) is 13.1. The molecule has 1 fully saturated rings. The zero-order valence-electron chi connectivity index (χ0n) is 17.5. The Balaban J connectivity index is 0.00000392. The van der Waals surface area contributed by atoms with Gasteiger partial charge in [0.15, 0.2) is 17.5 Å². The summed E-state index contributed by atoms with van der Waals surface area (Å²) in [4.78, 5) is 4.30. The van der Waals surface area contributed by atoms with Gasteiger partial charge in [0.05, 0.1) is 13.2 Å². The van der Waals surface area contributed by atoms with Gasteiger partial charge in [0.25, 0.3) is 0 Å². The first-order chi connectivity index (χ1) is 13.3. The SMILES string of the molecule is CCOCCCCNC(=NC)NCc1cccc(OC)c1OC1CCCC1.I. The summed E-state index contributed by atoms with van der Waals surface area (Å²) in [6.45, 7) is 5.12. The molecule has 0 aromatic heterocycles. The molecule has 0 unspecified atom stereocenters. The summed E-state index contributed by atoms with van der Waals surface area (Å²) < 4.78 is 17.2. The normalized spacial score (nSPS) is 14.5. The molecule has 28 heavy (non-hydrogen) atoms. The van der Waals surface area contributed by atoms with Crippen molar-refractivity contribution in [2.45, 2.75) is 58.1 Å². The lowest BCUT2D eigenvalue weighted by Gasteiger charge is -2.20. The molecule has 1 saturated carbocycles. The van der Waals surface area contributed by atoms with E-state index in [0.29, 0.717) is 12.6 Å². The van der Waals surface area contributed by atoms with Crippen LogP contribution in [0.4, 0.5) is 0 Å². The van der Waals surface area contributed by atoms with E-state index in [4.69, 9.17) is 14.2 Å². The van der Waals surface area contributed by atoms with Crippen molar-refractivity contribution < 1.29 is 14.2 Å². The monoisotopic (exact) mass is 505 g/mol. The van der Waals surface area contributed by atoms with Crippen molar-refractivity contribution in [2.75, 3.05) is 33.9 Å². The van der Waals surface area contributed by atoms with Crippen LogP contribution in [0.15, 0.2) is 23.2 Å². The van der Waals surface area contributed by atoms with E-state index in [1.807, 2.05) is 19.1 Å². The molecule has 1 aromatic rings. The number of aliphatic imine (C=N–C) groups is 1. The van der Waals surface area contributed by atoms with Gasteiger partial charge in [0.2, 0.25) is 0 Å². The Hall–Kier alpha value is -1.22. The average Bonchev–Trinajstić information content (AvgIpc) is 3.21. The van der Waals surface area contributed by atoms with Crippen LogP contribution in [0, 0.1) is 0 Å². The maximum absolute atomic E-state index is 6.29. The molecule has 160 valence electrons. The lowest BCUT2D eigenvalue weighted by atomic mass is 10.1. The summed E-state index contributed by atoms with van der Waals surface area (Å²) in [5.74, 6) is 2.44. The molecule has 0 aliphatic heterocycles. The first-order valence-corrected chi connectivity index (χ1v) is 10.1. The maximum Gasteiger partial charge on any atom is 0.191 e. The number of guanidine groups is 1. The van der Waals surface area contributed by atoms with Crippen LogP contribution in [-0.4, -0.2) is 46.0 Å². The number of hydrogen-bond donors (Lipinski definition) is 2. The summed E-state index contributed by atoms with van der Waals surface area (Å²) in [6, 6.07) is 6.04. The van der Waals surface area contributed by atoms with Crippen molar-refractivity contribution in [3.63, 3.8) is 0 Å². The Morgan fingerprint density at radius 2 is 1.96 bits per heavy atom. The molecule has 6 nitrogen and oxygen atoms in total. The number of nitrogens with one attached hydrogen (secondary N) is 2. The highest BCUT2D eigenvalue weighted by Gasteiger charge is 2.20. The van der Waals surface area contributed by atoms with Crippen LogP contribution in [0.1, 0.15) is 51.0 Å². The molecular weight excluding hydrogens is 469 g/mol. The molecule has 0 bridgehead atoms. The Labute approximate surface area is 186 Å². The summed E-state index contributed by atoms with van der Waals surface area (Å²) in [6.07, 6.45) is 7.12. The predicted molar refractivity (Wildman–Crippen MR) is 125 cm³/mol. The third-order valence-corrected chi connectivity index (χ3v) is 4.75. The zero-order valence-corrected chi connectivity index (χ0v) is 19.8. The number of methoxy groups -OCH3 is 1. The summed E-state index contributed by atoms with van der Waals surface area (Å²) >= 11 is 0. The standard InChI is InChI=1S/C21H35N3O3.HI/c1-4-26-15-8-7-14-23-21(22-2)24-16-17-10-9-13-19(25-3)20(17)27-18-11-5-6-12-18;/h9-10,13,18H,4-8,11-12,14-16H2,1-3H3,(H2,22,23,24);1H. The van der Waals surface area contributed by atoms with Crippen molar-refractivity contribution in [1.82, 2.24) is 10.6 Å². The van der Waals surface area contributed by atoms with Gasteiger partial charge < -0.3 is 24.8 Å². The number of rotatable bonds is 11. The third kappa shape index (κ3) is 8.43. The Morgan fingerprint density at radius 3 is 2.64 bits per heavy atom. The lowest BCUT2D eigenvalue weighted by Crippen LogP contribution is -2.37. The number of halogens is 1. The highest BCUT2D eigenvalue weighted by atomic mass is 127. The van der Waals surface area contributed by atoms with Crippen LogP contribution in [-0.2, 0) is 11.3 Å². The van der Waals surface area contributed by atoms with Gasteiger partial charge in [-0.3, -0.25) is 4.99 Å². The molecular formula is C21H36IN3O3. The van der Waals surface area contributed by atoms with Gasteiger partial charge in [-0.2, -0.15) is 0 Å². The molecule has 1 aromatic carbocycles. The van der Waals surface area contributed by atoms with Crippen molar-refractivity contribution in [2.24, 2.45) is 4.99 Å². The number of hydrogen-bond acceptors (Lipinski definition) is 4. The van der Waals surface area contributed by atoms with E-state index in [9.17, 15) is 0 Å². The number of nitrogens with zero attached hydrogens (tertiary/aromatic N) is 1. The fourth-order valence-corrected chi connectivity index (χ4v) is 3.25. The minimum atomic E-state index is 0. The van der Waals surface area contributed by atoms with Gasteiger partial charge in [-0.25, -0.2) is 0 Å². The smallest absolute Gasteiger partial charge is 0.191 e. The second-order valence-corrected chi connectivity index (χ2v) is 6.73. The summed E-state index contributed by atoms with van der Waals surface area (Å²) in [5.41, 5.74) is 1.08. The molecule has 0 saturated heterocycles. The Morgan fingerprint density at radius 1 is 1.18 bits per heavy atom. The molecule has 7 heteroatoms. The first kappa shape index (κ1) is 24.8. The summed E-state index contributed by atoms with van der Waals surface area (Å²) in [7, 11) is 3.48. The highest BCUT2D eigenvalue weighted by Crippen LogP contribution is 2.34. The van der Waals surface area contributed by atoms with Crippen molar-refractivity contribution >= 4 is 29.9 Å². The van der Waals surface area contributed by atoms with E-state index in [0.717, 1.165) is 68.5 Å². The van der Waals surface area contributed by atoms with Gasteiger partial charge in [-0.1, -0.05) is 12.1 Å². The fraction of sp³-hybridized carbons (Fsp3) is 0.667. The van der Waals surface area contributed by atoms with Crippen molar-refractivity contribution in [3.8, 4) is 11.5 Å². The van der Waals surface area contributed by atoms with Crippen molar-refractivity contribution in [3.05, 3.63) is 23.8 Å². The number of benzene rings is 1. The van der Waals surface area contributed by atoms with Gasteiger partial charge in [-0.15, -0.1) is 24.0 Å². The first-order valence-electron chi connectivity index (χ1n) is 10.1. The maximum atomic E-state index is 6.29. The molecule has 0 atom stereocenters. The van der Waals surface area contributed by atoms with Gasteiger partial charge in [-0.05, 0) is 51.5 Å². The highest BCUT2D eigenvalue weighted by molar-refractivity contribution is 14.0. The summed E-state index contributed by atoms with van der Waals surface area (Å²) in [5, 5.41) is 6.73. The van der Waals surface area contributed by atoms with Crippen LogP contribution in [0.3, 0.4) is 0 Å². The Bertz CT molecular complexity index is 578. The van der Waals surface area contributed by atoms with Crippen molar-refractivity contribution in [1.29, 1.82) is 0 Å². The van der Waals surface area contributed by atoms with E-state index < -0.39 is 0 Å². The minimum Gasteiger partial charge on any atom is -0.493 e. The lowest BCUT2D eigenvalue weighted by molar-refractivity contribution is 0.143. The second-order valence-electron chi connectivity index (χ2n) is 6.73. The van der Waals surface area contributed by atoms with E-state index in [-0.39, 0.29) is 24.0 Å². The minimum absolute atomic E-state index is 0. The predicted octanol–water partition coefficient (Wildman–Crippen LogP) is 4.12. The molecule has 0 heterocycles. The molecule has 1 aliphatic rings. The average molecular weight is 505 g/mol. The van der Waals surface area contributed by atoms with Crippen LogP contribution < -0.4 is 20.1 Å². The second kappa shape index (κ2) is 14.7. The molecule has 1 aliphatic carbocycles. The van der Waals surface area contributed by atoms with Crippen LogP contribution in [0.25, 0.3) is 0 Å². The zero-order chi connectivity index (χ0) is 19.3. The van der Waals surface area contributed by atoms with Gasteiger partial charge >= 0.3 is 0 Å². The third-order valence-electron chi connectivity index (χ3n) is 4.75. The van der Waals surface area contributed by atoms with Crippen LogP contribution >= 0.6 is 24.0 Å². The van der Waals surface area contributed by atoms with Gasteiger partial charge in [0, 0.05) is 38.9 Å².